The molecule has 2 saturated heterocycles. The molecule has 1 unspecified atom stereocenters. The number of carbonyl (C=O) groups excluding carboxylic acids is 2. The highest BCUT2D eigenvalue weighted by molar-refractivity contribution is 5.92. The number of hydrogen-bond acceptors (Lipinski definition) is 11. The highest BCUT2D eigenvalue weighted by Gasteiger charge is 2.55. The lowest BCUT2D eigenvalue weighted by Crippen LogP contribution is -2.57. The number of nitrogens with zero attached hydrogens (tertiary/aromatic N) is 7. The molecule has 0 bridgehead atoms. The summed E-state index contributed by atoms with van der Waals surface area (Å²) in [6.07, 6.45) is 2.02. The Morgan fingerprint density at radius 3 is 2.67 bits per heavy atom. The van der Waals surface area contributed by atoms with Crippen LogP contribution in [0.3, 0.4) is 0 Å². The van der Waals surface area contributed by atoms with Crippen molar-refractivity contribution in [3.8, 4) is 6.01 Å². The zero-order chi connectivity index (χ0) is 38.9. The first-order valence-corrected chi connectivity index (χ1v) is 19.4. The lowest BCUT2D eigenvalue weighted by atomic mass is 9.71. The summed E-state index contributed by atoms with van der Waals surface area (Å²) in [5.41, 5.74) is 2.60. The second-order valence-electron chi connectivity index (χ2n) is 17.4. The Hall–Kier alpha value is -4.34. The number of nitrogens with one attached hydrogen (secondary N) is 1. The van der Waals surface area contributed by atoms with Gasteiger partial charge >= 0.3 is 12.1 Å². The van der Waals surface area contributed by atoms with Crippen LogP contribution in [0.5, 0.6) is 6.01 Å². The number of fused-ring (bicyclic) bond motifs is 5. The molecular formula is C40H53FN8O6. The average molecular weight is 761 g/mol. The molecule has 15 heteroatoms. The molecule has 1 aromatic carbocycles. The number of rotatable bonds is 6. The van der Waals surface area contributed by atoms with Gasteiger partial charge in [-0.15, -0.1) is 0 Å². The quantitative estimate of drug-likeness (QED) is 0.348. The normalized spacial score (nSPS) is 25.7. The SMILES string of the molecule is CN(C)C(=O)c1cc2n(n1)CCCN(c1nc(OC[C@@]34CCCN3C[C@H](F)C4)nc3c1COC1(C3)c3cc(NC(=O)OC(C)(C)C)ccc3COC1(C)C)C2. The smallest absolute Gasteiger partial charge is 0.412 e. The highest BCUT2D eigenvalue weighted by atomic mass is 19.1. The van der Waals surface area contributed by atoms with E-state index in [0.717, 1.165) is 53.9 Å². The minimum absolute atomic E-state index is 0.147. The van der Waals surface area contributed by atoms with Crippen molar-refractivity contribution in [2.45, 2.75) is 122 Å². The summed E-state index contributed by atoms with van der Waals surface area (Å²) in [7, 11) is 3.44. The molecule has 3 atom stereocenters. The number of alkyl halides is 1. The van der Waals surface area contributed by atoms with Crippen molar-refractivity contribution < 1.29 is 32.9 Å². The van der Waals surface area contributed by atoms with E-state index in [0.29, 0.717) is 69.4 Å². The molecule has 8 rings (SSSR count). The van der Waals surface area contributed by atoms with Crippen LogP contribution in [0.1, 0.15) is 98.9 Å². The van der Waals surface area contributed by atoms with Gasteiger partial charge in [0.2, 0.25) is 0 Å². The third kappa shape index (κ3) is 6.92. The van der Waals surface area contributed by atoms with Crippen LogP contribution < -0.4 is 15.0 Å². The molecule has 14 nitrogen and oxygen atoms in total. The van der Waals surface area contributed by atoms with Gasteiger partial charge in [-0.25, -0.2) is 9.18 Å². The molecule has 55 heavy (non-hydrogen) atoms. The number of benzene rings is 1. The van der Waals surface area contributed by atoms with Gasteiger partial charge in [-0.2, -0.15) is 15.1 Å². The third-order valence-electron chi connectivity index (χ3n) is 11.9. The van der Waals surface area contributed by atoms with Crippen LogP contribution >= 0.6 is 0 Å². The molecule has 1 spiro atoms. The van der Waals surface area contributed by atoms with Gasteiger partial charge < -0.3 is 28.7 Å². The summed E-state index contributed by atoms with van der Waals surface area (Å²) in [5.74, 6) is 0.557. The first-order chi connectivity index (χ1) is 26.0. The zero-order valence-corrected chi connectivity index (χ0v) is 33.0. The minimum atomic E-state index is -0.977. The summed E-state index contributed by atoms with van der Waals surface area (Å²) < 4.78 is 42.3. The van der Waals surface area contributed by atoms with Crippen LogP contribution in [0.4, 0.5) is 20.7 Å². The summed E-state index contributed by atoms with van der Waals surface area (Å²) >= 11 is 0. The van der Waals surface area contributed by atoms with E-state index >= 15 is 0 Å². The van der Waals surface area contributed by atoms with Crippen molar-refractivity contribution in [2.24, 2.45) is 0 Å². The second-order valence-corrected chi connectivity index (χ2v) is 17.4. The van der Waals surface area contributed by atoms with Gasteiger partial charge in [0.15, 0.2) is 5.69 Å². The summed E-state index contributed by atoms with van der Waals surface area (Å²) in [6, 6.07) is 7.86. The molecule has 7 heterocycles. The summed E-state index contributed by atoms with van der Waals surface area (Å²) in [6.45, 7) is 13.5. The minimum Gasteiger partial charge on any atom is -0.461 e. The fraction of sp³-hybridized carbons (Fsp3) is 0.625. The van der Waals surface area contributed by atoms with Crippen molar-refractivity contribution in [3.63, 3.8) is 0 Å². The van der Waals surface area contributed by atoms with E-state index in [1.165, 1.54) is 4.90 Å². The molecule has 2 aromatic heterocycles. The van der Waals surface area contributed by atoms with E-state index in [9.17, 15) is 14.0 Å². The molecule has 0 aliphatic carbocycles. The van der Waals surface area contributed by atoms with E-state index in [4.69, 9.17) is 28.9 Å². The summed E-state index contributed by atoms with van der Waals surface area (Å²) in [5, 5.41) is 7.54. The maximum absolute atomic E-state index is 14.7. The van der Waals surface area contributed by atoms with Crippen molar-refractivity contribution in [3.05, 3.63) is 58.0 Å². The summed E-state index contributed by atoms with van der Waals surface area (Å²) in [4.78, 5) is 41.8. The fourth-order valence-corrected chi connectivity index (χ4v) is 9.06. The van der Waals surface area contributed by atoms with Gasteiger partial charge in [0.05, 0.1) is 42.3 Å². The Bertz CT molecular complexity index is 2000. The van der Waals surface area contributed by atoms with Crippen molar-refractivity contribution in [1.29, 1.82) is 0 Å². The molecule has 0 radical (unpaired) electrons. The lowest BCUT2D eigenvalue weighted by Gasteiger charge is -2.52. The Morgan fingerprint density at radius 1 is 1.07 bits per heavy atom. The Kier molecular flexibility index (Phi) is 9.36. The highest BCUT2D eigenvalue weighted by Crippen LogP contribution is 2.51. The van der Waals surface area contributed by atoms with E-state index < -0.39 is 29.1 Å². The van der Waals surface area contributed by atoms with E-state index in [-0.39, 0.29) is 24.1 Å². The van der Waals surface area contributed by atoms with Crippen LogP contribution in [0.15, 0.2) is 24.3 Å². The number of anilines is 2. The number of hydrogen-bond donors (Lipinski definition) is 1. The van der Waals surface area contributed by atoms with Gasteiger partial charge in [-0.3, -0.25) is 19.7 Å². The van der Waals surface area contributed by atoms with Crippen molar-refractivity contribution in [2.75, 3.05) is 50.6 Å². The molecule has 3 aromatic rings. The van der Waals surface area contributed by atoms with Gasteiger partial charge in [0.1, 0.15) is 29.8 Å². The molecule has 1 N–H and O–H groups in total. The molecule has 5 aliphatic rings. The molecule has 0 saturated carbocycles. The number of ether oxygens (including phenoxy) is 4. The maximum Gasteiger partial charge on any atom is 0.412 e. The molecule has 2 amide bonds. The topological polar surface area (TPSA) is 136 Å². The fourth-order valence-electron chi connectivity index (χ4n) is 9.06. The van der Waals surface area contributed by atoms with Gasteiger partial charge in [-0.05, 0) is 89.8 Å². The van der Waals surface area contributed by atoms with Crippen LogP contribution in [-0.4, -0.2) is 105 Å². The monoisotopic (exact) mass is 760 g/mol. The van der Waals surface area contributed by atoms with Crippen LogP contribution in [0.25, 0.3) is 0 Å². The van der Waals surface area contributed by atoms with E-state index in [1.54, 1.807) is 14.1 Å². The number of halogens is 1. The first-order valence-electron chi connectivity index (χ1n) is 19.4. The van der Waals surface area contributed by atoms with Crippen LogP contribution in [-0.2, 0) is 52.5 Å². The lowest BCUT2D eigenvalue weighted by molar-refractivity contribution is -0.228. The number of aryl methyl sites for hydroxylation is 1. The first kappa shape index (κ1) is 37.6. The average Bonchev–Trinajstić information content (AvgIpc) is 3.74. The predicted molar refractivity (Wildman–Crippen MR) is 202 cm³/mol. The third-order valence-corrected chi connectivity index (χ3v) is 11.9. The number of carbonyl (C=O) groups is 2. The maximum atomic E-state index is 14.7. The molecule has 5 aliphatic heterocycles. The Labute approximate surface area is 321 Å². The molecular weight excluding hydrogens is 707 g/mol. The van der Waals surface area contributed by atoms with E-state index in [2.05, 4.69) is 20.2 Å². The number of aromatic nitrogens is 4. The molecule has 2 fully saturated rings. The van der Waals surface area contributed by atoms with Gasteiger partial charge in [0, 0.05) is 57.8 Å². The number of amides is 2. The zero-order valence-electron chi connectivity index (χ0n) is 33.0. The van der Waals surface area contributed by atoms with E-state index in [1.807, 2.05) is 63.6 Å². The second kappa shape index (κ2) is 13.7. The van der Waals surface area contributed by atoms with Crippen molar-refractivity contribution >= 4 is 23.5 Å². The van der Waals surface area contributed by atoms with Crippen molar-refractivity contribution in [1.82, 2.24) is 29.5 Å². The van der Waals surface area contributed by atoms with Crippen LogP contribution in [0.2, 0.25) is 0 Å². The van der Waals surface area contributed by atoms with Crippen LogP contribution in [0, 0.1) is 0 Å². The van der Waals surface area contributed by atoms with Gasteiger partial charge in [0.25, 0.3) is 5.91 Å². The Balaban J connectivity index is 1.17. The van der Waals surface area contributed by atoms with Gasteiger partial charge in [-0.1, -0.05) is 6.07 Å². The predicted octanol–water partition coefficient (Wildman–Crippen LogP) is 5.36. The Morgan fingerprint density at radius 2 is 1.89 bits per heavy atom. The largest absolute Gasteiger partial charge is 0.461 e. The standard InChI is InChI=1S/C40H53FN8O6/c1-37(2,3)55-36(51)42-27-11-10-25-22-53-38(4,5)40(30(25)16-27)19-32-29(23-54-40)33(44-35(43-32)52-24-39-12-8-14-48(39)20-26(41)18-39)47-13-9-15-49-28(21-47)17-31(45-49)34(50)46(6)7/h10-11,16-17,26H,8-9,12-15,18-24H2,1-7H3,(H,42,51)/t26-,39+,40?/m1/s1. The molecule has 296 valence electrons.